The molecule has 3 aromatic carbocycles. The number of hydrogen-bond donors (Lipinski definition) is 1. The van der Waals surface area contributed by atoms with Crippen LogP contribution in [-0.4, -0.2) is 55.0 Å². The Bertz CT molecular complexity index is 1380. The van der Waals surface area contributed by atoms with Crippen molar-refractivity contribution in [1.82, 2.24) is 14.5 Å². The topological polar surface area (TPSA) is 104 Å². The van der Waals surface area contributed by atoms with Crippen LogP contribution in [0.25, 0.3) is 0 Å². The summed E-state index contributed by atoms with van der Waals surface area (Å²) < 4.78 is 26.5. The monoisotopic (exact) mass is 519 g/mol. The lowest BCUT2D eigenvalue weighted by Gasteiger charge is -2.31. The molecule has 1 N–H and O–H groups in total. The molecule has 0 saturated carbocycles. The number of hydrogen-bond acceptors (Lipinski definition) is 5. The molecule has 1 aliphatic heterocycles. The molecule has 9 heteroatoms. The molecule has 0 unspecified atom stereocenters. The van der Waals surface area contributed by atoms with Crippen molar-refractivity contribution < 1.29 is 22.8 Å². The Hall–Kier alpha value is -3.98. The van der Waals surface area contributed by atoms with E-state index >= 15 is 0 Å². The lowest BCUT2D eigenvalue weighted by molar-refractivity contribution is -0.141. The molecule has 192 valence electrons. The molecule has 3 amide bonds. The van der Waals surface area contributed by atoms with Crippen molar-refractivity contribution >= 4 is 27.7 Å². The van der Waals surface area contributed by atoms with Crippen molar-refractivity contribution in [2.24, 2.45) is 0 Å². The van der Waals surface area contributed by atoms with Crippen molar-refractivity contribution in [2.75, 3.05) is 13.6 Å². The number of nitrogens with zero attached hydrogens (tertiary/aromatic N) is 2. The first-order chi connectivity index (χ1) is 17.8. The van der Waals surface area contributed by atoms with Gasteiger partial charge in [0.15, 0.2) is 0 Å². The Balaban J connectivity index is 1.52. The van der Waals surface area contributed by atoms with Crippen LogP contribution in [0.5, 0.6) is 0 Å². The van der Waals surface area contributed by atoms with E-state index in [1.807, 2.05) is 60.7 Å². The van der Waals surface area contributed by atoms with Crippen LogP contribution in [0.4, 0.5) is 0 Å². The standard InChI is InChI=1S/C28H29N3O5S/c1-29-27(33)24(19-21-11-4-2-5-12-21)30(20-22-13-6-3-7-14-22)26(32)17-10-18-31-28(34)23-15-8-9-16-25(23)37(31,35)36/h2-9,11-16,24H,10,17-20H2,1H3,(H,29,33)/t24-/m1/s1. The maximum atomic E-state index is 13.5. The summed E-state index contributed by atoms with van der Waals surface area (Å²) >= 11 is 0. The molecular formula is C28H29N3O5S. The fraction of sp³-hybridized carbons (Fsp3) is 0.250. The van der Waals surface area contributed by atoms with Gasteiger partial charge in [0.1, 0.15) is 10.9 Å². The van der Waals surface area contributed by atoms with Crippen molar-refractivity contribution in [3.05, 3.63) is 102 Å². The molecule has 37 heavy (non-hydrogen) atoms. The fourth-order valence-electron chi connectivity index (χ4n) is 4.47. The summed E-state index contributed by atoms with van der Waals surface area (Å²) in [6, 6.07) is 24.2. The highest BCUT2D eigenvalue weighted by atomic mass is 32.2. The highest BCUT2D eigenvalue weighted by Crippen LogP contribution is 2.30. The van der Waals surface area contributed by atoms with E-state index in [0.29, 0.717) is 6.42 Å². The summed E-state index contributed by atoms with van der Waals surface area (Å²) in [5.74, 6) is -1.17. The first-order valence-electron chi connectivity index (χ1n) is 12.1. The number of carbonyl (C=O) groups is 3. The first-order valence-corrected chi connectivity index (χ1v) is 13.5. The van der Waals surface area contributed by atoms with Crippen molar-refractivity contribution in [3.8, 4) is 0 Å². The molecule has 0 fully saturated rings. The molecule has 0 spiro atoms. The average molecular weight is 520 g/mol. The van der Waals surface area contributed by atoms with E-state index in [4.69, 9.17) is 0 Å². The van der Waals surface area contributed by atoms with Crippen LogP contribution in [0, 0.1) is 0 Å². The van der Waals surface area contributed by atoms with Crippen LogP contribution in [0.1, 0.15) is 34.3 Å². The minimum Gasteiger partial charge on any atom is -0.357 e. The highest BCUT2D eigenvalue weighted by Gasteiger charge is 2.40. The molecule has 1 atom stereocenters. The molecule has 0 radical (unpaired) electrons. The number of carbonyl (C=O) groups excluding carboxylic acids is 3. The molecule has 8 nitrogen and oxygen atoms in total. The Morgan fingerprint density at radius 2 is 1.49 bits per heavy atom. The van der Waals surface area contributed by atoms with Crippen molar-refractivity contribution in [2.45, 2.75) is 36.7 Å². The molecule has 0 aromatic heterocycles. The molecule has 1 aliphatic rings. The molecule has 1 heterocycles. The lowest BCUT2D eigenvalue weighted by Crippen LogP contribution is -2.49. The zero-order valence-electron chi connectivity index (χ0n) is 20.5. The predicted octanol–water partition coefficient (Wildman–Crippen LogP) is 3.00. The quantitative estimate of drug-likeness (QED) is 0.444. The van der Waals surface area contributed by atoms with Crippen LogP contribution in [0.2, 0.25) is 0 Å². The minimum atomic E-state index is -3.94. The van der Waals surface area contributed by atoms with E-state index in [-0.39, 0.29) is 48.2 Å². The van der Waals surface area contributed by atoms with Gasteiger partial charge in [0.05, 0.1) is 5.56 Å². The van der Waals surface area contributed by atoms with Gasteiger partial charge in [0, 0.05) is 33.0 Å². The van der Waals surface area contributed by atoms with Gasteiger partial charge >= 0.3 is 0 Å². The van der Waals surface area contributed by atoms with Gasteiger partial charge in [-0.1, -0.05) is 72.8 Å². The van der Waals surface area contributed by atoms with Gasteiger partial charge in [-0.05, 0) is 29.7 Å². The van der Waals surface area contributed by atoms with Crippen LogP contribution >= 0.6 is 0 Å². The van der Waals surface area contributed by atoms with Gasteiger partial charge in [0.25, 0.3) is 15.9 Å². The number of benzene rings is 3. The number of fused-ring (bicyclic) bond motifs is 1. The Kier molecular flexibility index (Phi) is 8.03. The first kappa shape index (κ1) is 26.1. The summed E-state index contributed by atoms with van der Waals surface area (Å²) in [5, 5.41) is 2.67. The van der Waals surface area contributed by atoms with Crippen LogP contribution in [-0.2, 0) is 32.6 Å². The normalized spacial score (nSPS) is 14.6. The van der Waals surface area contributed by atoms with E-state index in [1.165, 1.54) is 24.1 Å². The maximum Gasteiger partial charge on any atom is 0.269 e. The number of likely N-dealkylation sites (N-methyl/N-ethyl adjacent to an activating group) is 1. The Morgan fingerprint density at radius 3 is 2.11 bits per heavy atom. The Morgan fingerprint density at radius 1 is 0.892 bits per heavy atom. The third kappa shape index (κ3) is 5.72. The maximum absolute atomic E-state index is 13.5. The number of rotatable bonds is 10. The zero-order chi connectivity index (χ0) is 26.4. The van der Waals surface area contributed by atoms with E-state index in [0.717, 1.165) is 15.4 Å². The molecular weight excluding hydrogens is 490 g/mol. The number of sulfonamides is 1. The van der Waals surface area contributed by atoms with Gasteiger partial charge in [-0.2, -0.15) is 0 Å². The molecule has 3 aromatic rings. The molecule has 0 aliphatic carbocycles. The molecule has 4 rings (SSSR count). The second-order valence-corrected chi connectivity index (χ2v) is 10.6. The predicted molar refractivity (Wildman–Crippen MR) is 139 cm³/mol. The van der Waals surface area contributed by atoms with Crippen LogP contribution < -0.4 is 5.32 Å². The third-order valence-electron chi connectivity index (χ3n) is 6.38. The summed E-state index contributed by atoms with van der Waals surface area (Å²) in [6.45, 7) is 0.0983. The van der Waals surface area contributed by atoms with Crippen LogP contribution in [0.15, 0.2) is 89.8 Å². The number of amides is 3. The minimum absolute atomic E-state index is 0.0143. The third-order valence-corrected chi connectivity index (χ3v) is 8.22. The fourth-order valence-corrected chi connectivity index (χ4v) is 6.08. The highest BCUT2D eigenvalue weighted by molar-refractivity contribution is 7.90. The van der Waals surface area contributed by atoms with Crippen LogP contribution in [0.3, 0.4) is 0 Å². The van der Waals surface area contributed by atoms with Crippen molar-refractivity contribution in [1.29, 1.82) is 0 Å². The lowest BCUT2D eigenvalue weighted by atomic mass is 10.0. The van der Waals surface area contributed by atoms with Crippen molar-refractivity contribution in [3.63, 3.8) is 0 Å². The largest absolute Gasteiger partial charge is 0.357 e. The van der Waals surface area contributed by atoms with Gasteiger partial charge in [-0.25, -0.2) is 12.7 Å². The second kappa shape index (κ2) is 11.4. The van der Waals surface area contributed by atoms with Gasteiger partial charge < -0.3 is 10.2 Å². The van der Waals surface area contributed by atoms with Gasteiger partial charge in [-0.15, -0.1) is 0 Å². The summed E-state index contributed by atoms with van der Waals surface area (Å²) in [6.07, 6.45) is 0.438. The summed E-state index contributed by atoms with van der Waals surface area (Å²) in [7, 11) is -2.41. The van der Waals surface area contributed by atoms with E-state index in [9.17, 15) is 22.8 Å². The van der Waals surface area contributed by atoms with E-state index in [2.05, 4.69) is 5.32 Å². The van der Waals surface area contributed by atoms with E-state index < -0.39 is 22.0 Å². The average Bonchev–Trinajstić information content (AvgIpc) is 3.11. The Labute approximate surface area is 217 Å². The van der Waals surface area contributed by atoms with Gasteiger partial charge in [-0.3, -0.25) is 14.4 Å². The second-order valence-electron chi connectivity index (χ2n) is 8.81. The smallest absolute Gasteiger partial charge is 0.269 e. The number of nitrogens with one attached hydrogen (secondary N) is 1. The molecule has 0 saturated heterocycles. The molecule has 0 bridgehead atoms. The van der Waals surface area contributed by atoms with E-state index in [1.54, 1.807) is 12.1 Å². The van der Waals surface area contributed by atoms with Gasteiger partial charge in [0.2, 0.25) is 11.8 Å². The zero-order valence-corrected chi connectivity index (χ0v) is 21.4. The SMILES string of the molecule is CNC(=O)[C@@H](Cc1ccccc1)N(Cc1ccccc1)C(=O)CCCN1C(=O)c2ccccc2S1(=O)=O. The summed E-state index contributed by atoms with van der Waals surface area (Å²) in [4.78, 5) is 40.7. The summed E-state index contributed by atoms with van der Waals surface area (Å²) in [5.41, 5.74) is 1.92.